The van der Waals surface area contributed by atoms with Gasteiger partial charge in [0.25, 0.3) is 0 Å². The Kier molecular flexibility index (Phi) is 7.75. The van der Waals surface area contributed by atoms with E-state index in [9.17, 15) is 18.0 Å². The molecule has 7 nitrogen and oxygen atoms in total. The first kappa shape index (κ1) is 25.3. The fraction of sp³-hybridized carbons (Fsp3) is 0.160. The molecule has 0 bridgehead atoms. The molecule has 0 saturated heterocycles. The normalized spacial score (nSPS) is 10.9. The Morgan fingerprint density at radius 1 is 1.09 bits per heavy atom. The number of halogens is 3. The molecule has 0 saturated carbocycles. The number of hydrogen-bond donors (Lipinski definition) is 3. The molecule has 35 heavy (non-hydrogen) atoms. The molecule has 10 heteroatoms. The summed E-state index contributed by atoms with van der Waals surface area (Å²) in [6.45, 7) is 3.95. The van der Waals surface area contributed by atoms with Crippen LogP contribution in [-0.2, 0) is 16.0 Å². The molecule has 0 unspecified atom stereocenters. The summed E-state index contributed by atoms with van der Waals surface area (Å²) in [7, 11) is 0. The van der Waals surface area contributed by atoms with Crippen LogP contribution in [0.1, 0.15) is 16.8 Å². The van der Waals surface area contributed by atoms with Crippen LogP contribution < -0.4 is 10.1 Å². The number of aromatic amines is 1. The standard InChI is InChI=1S/C23H21N3O2.C2HF3O2/c1-15-12-17(9-10-22(15)28-18-6-5-11-24-14-18)26-23(27)13-20-16(2)25-21-8-4-3-7-19(20)21;3-2(4,5)1(6)7/h3-12,14,25H,13H2,1-2H3,(H,26,27);(H,6,7). The molecule has 0 fully saturated rings. The third-order valence-electron chi connectivity index (χ3n) is 4.93. The van der Waals surface area contributed by atoms with E-state index >= 15 is 0 Å². The molecule has 4 rings (SSSR count). The zero-order valence-electron chi connectivity index (χ0n) is 18.8. The van der Waals surface area contributed by atoms with E-state index < -0.39 is 12.1 Å². The number of anilines is 1. The molecule has 0 atom stereocenters. The van der Waals surface area contributed by atoms with Gasteiger partial charge in [-0.1, -0.05) is 18.2 Å². The summed E-state index contributed by atoms with van der Waals surface area (Å²) < 4.78 is 37.6. The van der Waals surface area contributed by atoms with Crippen molar-refractivity contribution in [2.75, 3.05) is 5.32 Å². The van der Waals surface area contributed by atoms with Crippen LogP contribution in [0.2, 0.25) is 0 Å². The van der Waals surface area contributed by atoms with Crippen molar-refractivity contribution in [3.63, 3.8) is 0 Å². The van der Waals surface area contributed by atoms with Gasteiger partial charge in [-0.15, -0.1) is 0 Å². The molecule has 0 aliphatic rings. The lowest BCUT2D eigenvalue weighted by Crippen LogP contribution is -2.21. The van der Waals surface area contributed by atoms with Crippen LogP contribution in [0, 0.1) is 13.8 Å². The Labute approximate surface area is 198 Å². The number of hydrogen-bond acceptors (Lipinski definition) is 4. The number of fused-ring (bicyclic) bond motifs is 1. The molecule has 2 heterocycles. The van der Waals surface area contributed by atoms with Crippen molar-refractivity contribution >= 4 is 28.5 Å². The maximum absolute atomic E-state index is 12.6. The lowest BCUT2D eigenvalue weighted by Gasteiger charge is -2.11. The molecule has 0 aliphatic heterocycles. The summed E-state index contributed by atoms with van der Waals surface area (Å²) in [5.74, 6) is -1.39. The van der Waals surface area contributed by atoms with Gasteiger partial charge in [-0.25, -0.2) is 4.79 Å². The van der Waals surface area contributed by atoms with Crippen LogP contribution in [0.3, 0.4) is 0 Å². The number of pyridine rings is 1. The minimum atomic E-state index is -5.08. The van der Waals surface area contributed by atoms with Crippen molar-refractivity contribution in [1.82, 2.24) is 9.97 Å². The zero-order valence-corrected chi connectivity index (χ0v) is 18.8. The number of aryl methyl sites for hydroxylation is 2. The van der Waals surface area contributed by atoms with Gasteiger partial charge >= 0.3 is 12.1 Å². The summed E-state index contributed by atoms with van der Waals surface area (Å²) in [5, 5.41) is 11.2. The van der Waals surface area contributed by atoms with E-state index in [4.69, 9.17) is 14.6 Å². The number of carboxylic acid groups (broad SMARTS) is 1. The molecule has 2 aromatic heterocycles. The molecule has 0 radical (unpaired) electrons. The van der Waals surface area contributed by atoms with Crippen LogP contribution in [0.4, 0.5) is 18.9 Å². The second-order valence-corrected chi connectivity index (χ2v) is 7.57. The highest BCUT2D eigenvalue weighted by atomic mass is 19.4. The lowest BCUT2D eigenvalue weighted by molar-refractivity contribution is -0.192. The van der Waals surface area contributed by atoms with Gasteiger partial charge in [0, 0.05) is 28.5 Å². The molecule has 4 aromatic rings. The molecular formula is C25H22F3N3O4. The molecule has 0 aliphatic carbocycles. The number of H-pyrrole nitrogens is 1. The van der Waals surface area contributed by atoms with Crippen LogP contribution in [0.25, 0.3) is 10.9 Å². The first-order valence-corrected chi connectivity index (χ1v) is 10.4. The number of nitrogens with one attached hydrogen (secondary N) is 2. The van der Waals surface area contributed by atoms with Crippen LogP contribution >= 0.6 is 0 Å². The predicted octanol–water partition coefficient (Wildman–Crippen LogP) is 5.79. The van der Waals surface area contributed by atoms with E-state index in [1.165, 1.54) is 0 Å². The summed E-state index contributed by atoms with van der Waals surface area (Å²) in [6.07, 6.45) is -1.39. The zero-order chi connectivity index (χ0) is 25.6. The van der Waals surface area contributed by atoms with Gasteiger partial charge in [0.15, 0.2) is 0 Å². The number of aliphatic carboxylic acids is 1. The largest absolute Gasteiger partial charge is 0.490 e. The number of carbonyl (C=O) groups excluding carboxylic acids is 1. The third kappa shape index (κ3) is 6.83. The van der Waals surface area contributed by atoms with Gasteiger partial charge in [-0.3, -0.25) is 9.78 Å². The fourth-order valence-corrected chi connectivity index (χ4v) is 3.30. The molecule has 182 valence electrons. The Bertz CT molecular complexity index is 1340. The first-order chi connectivity index (χ1) is 16.5. The van der Waals surface area contributed by atoms with E-state index in [0.717, 1.165) is 39.2 Å². The van der Waals surface area contributed by atoms with Crippen molar-refractivity contribution in [3.8, 4) is 11.5 Å². The van der Waals surface area contributed by atoms with Gasteiger partial charge in [0.2, 0.25) is 5.91 Å². The van der Waals surface area contributed by atoms with E-state index in [1.54, 1.807) is 12.4 Å². The van der Waals surface area contributed by atoms with Crippen molar-refractivity contribution in [1.29, 1.82) is 0 Å². The number of carbonyl (C=O) groups is 2. The van der Waals surface area contributed by atoms with Crippen molar-refractivity contribution in [2.24, 2.45) is 0 Å². The molecule has 0 spiro atoms. The molecule has 2 aromatic carbocycles. The average molecular weight is 485 g/mol. The minimum absolute atomic E-state index is 0.0480. The Hall–Kier alpha value is -4.34. The average Bonchev–Trinajstić information content (AvgIpc) is 3.11. The third-order valence-corrected chi connectivity index (χ3v) is 4.93. The maximum atomic E-state index is 12.6. The van der Waals surface area contributed by atoms with Gasteiger partial charge in [0.05, 0.1) is 12.6 Å². The molecular weight excluding hydrogens is 463 g/mol. The highest BCUT2D eigenvalue weighted by molar-refractivity contribution is 5.96. The van der Waals surface area contributed by atoms with Crippen LogP contribution in [0.5, 0.6) is 11.5 Å². The van der Waals surface area contributed by atoms with Crippen molar-refractivity contribution in [2.45, 2.75) is 26.4 Å². The van der Waals surface area contributed by atoms with Crippen LogP contribution in [0.15, 0.2) is 67.0 Å². The number of carboxylic acids is 1. The second kappa shape index (κ2) is 10.7. The highest BCUT2D eigenvalue weighted by Gasteiger charge is 2.38. The minimum Gasteiger partial charge on any atom is -0.475 e. The number of nitrogens with zero attached hydrogens (tertiary/aromatic N) is 1. The lowest BCUT2D eigenvalue weighted by atomic mass is 10.1. The smallest absolute Gasteiger partial charge is 0.475 e. The van der Waals surface area contributed by atoms with E-state index in [-0.39, 0.29) is 5.91 Å². The van der Waals surface area contributed by atoms with Crippen molar-refractivity contribution < 1.29 is 32.6 Å². The van der Waals surface area contributed by atoms with Crippen molar-refractivity contribution in [3.05, 3.63) is 83.8 Å². The summed E-state index contributed by atoms with van der Waals surface area (Å²) >= 11 is 0. The Morgan fingerprint density at radius 2 is 1.80 bits per heavy atom. The number of benzene rings is 2. The maximum Gasteiger partial charge on any atom is 0.490 e. The number of para-hydroxylation sites is 1. The highest BCUT2D eigenvalue weighted by Crippen LogP contribution is 2.27. The Morgan fingerprint density at radius 3 is 2.43 bits per heavy atom. The first-order valence-electron chi connectivity index (χ1n) is 10.4. The van der Waals surface area contributed by atoms with E-state index in [0.29, 0.717) is 12.2 Å². The quantitative estimate of drug-likeness (QED) is 0.332. The number of alkyl halides is 3. The van der Waals surface area contributed by atoms with E-state index in [1.807, 2.05) is 68.4 Å². The molecule has 3 N–H and O–H groups in total. The second-order valence-electron chi connectivity index (χ2n) is 7.57. The van der Waals surface area contributed by atoms with Gasteiger partial charge < -0.3 is 20.1 Å². The summed E-state index contributed by atoms with van der Waals surface area (Å²) in [6, 6.07) is 17.3. The Balaban J connectivity index is 0.000000429. The van der Waals surface area contributed by atoms with Gasteiger partial charge in [0.1, 0.15) is 11.5 Å². The summed E-state index contributed by atoms with van der Waals surface area (Å²) in [5.41, 5.74) is 4.79. The SMILES string of the molecule is Cc1cc(NC(=O)Cc2c(C)[nH]c3ccccc23)ccc1Oc1cccnc1.O=C(O)C(F)(F)F. The number of ether oxygens (including phenoxy) is 1. The molecule has 1 amide bonds. The monoisotopic (exact) mass is 485 g/mol. The fourth-order valence-electron chi connectivity index (χ4n) is 3.30. The van der Waals surface area contributed by atoms with Gasteiger partial charge in [-0.05, 0) is 61.4 Å². The van der Waals surface area contributed by atoms with Gasteiger partial charge in [-0.2, -0.15) is 13.2 Å². The van der Waals surface area contributed by atoms with Crippen LogP contribution in [-0.4, -0.2) is 33.1 Å². The number of aromatic nitrogens is 2. The van der Waals surface area contributed by atoms with E-state index in [2.05, 4.69) is 15.3 Å². The number of amides is 1. The summed E-state index contributed by atoms with van der Waals surface area (Å²) in [4.78, 5) is 28.9. The topological polar surface area (TPSA) is 104 Å². The predicted molar refractivity (Wildman–Crippen MR) is 125 cm³/mol. The number of rotatable bonds is 5.